The molecule has 0 radical (unpaired) electrons. The molecule has 7 heteroatoms. The van der Waals surface area contributed by atoms with E-state index in [4.69, 9.17) is 0 Å². The van der Waals surface area contributed by atoms with Gasteiger partial charge in [0.1, 0.15) is 0 Å². The lowest BCUT2D eigenvalue weighted by Gasteiger charge is -2.35. The van der Waals surface area contributed by atoms with Crippen LogP contribution in [0.1, 0.15) is 19.8 Å². The van der Waals surface area contributed by atoms with Crippen molar-refractivity contribution in [2.24, 2.45) is 0 Å². The predicted octanol–water partition coefficient (Wildman–Crippen LogP) is 0.414. The predicted molar refractivity (Wildman–Crippen MR) is 67.3 cm³/mol. The first kappa shape index (κ1) is 11.3. The number of tetrazole rings is 1. The molecule has 0 saturated carbocycles. The second-order valence-corrected chi connectivity index (χ2v) is 4.94. The van der Waals surface area contributed by atoms with E-state index in [2.05, 4.69) is 44.7 Å². The normalized spacial score (nSPS) is 25.4. The van der Waals surface area contributed by atoms with E-state index in [0.29, 0.717) is 17.7 Å². The lowest BCUT2D eigenvalue weighted by Crippen LogP contribution is -2.42. The van der Waals surface area contributed by atoms with Crippen LogP contribution in [-0.2, 0) is 0 Å². The van der Waals surface area contributed by atoms with E-state index in [-0.39, 0.29) is 0 Å². The average Bonchev–Trinajstić information content (AvgIpc) is 2.83. The van der Waals surface area contributed by atoms with Crippen LogP contribution in [0.15, 0.2) is 12.4 Å². The maximum absolute atomic E-state index is 4.15. The quantitative estimate of drug-likeness (QED) is 0.829. The van der Waals surface area contributed by atoms with Gasteiger partial charge in [-0.25, -0.2) is 0 Å². The van der Waals surface area contributed by atoms with Gasteiger partial charge in [0.05, 0.1) is 12.4 Å². The number of nitrogens with zero attached hydrogens (tertiary/aromatic N) is 6. The zero-order valence-electron chi connectivity index (χ0n) is 10.6. The molecular weight excluding hydrogens is 230 g/mol. The molecule has 1 saturated heterocycles. The molecule has 2 aromatic heterocycles. The van der Waals surface area contributed by atoms with Gasteiger partial charge in [-0.05, 0) is 37.2 Å². The Labute approximate surface area is 105 Å². The smallest absolute Gasteiger partial charge is 0.199 e. The molecule has 3 rings (SSSR count). The minimum atomic E-state index is 0.452. The number of anilines is 1. The maximum atomic E-state index is 4.15. The van der Waals surface area contributed by atoms with Gasteiger partial charge in [0.15, 0.2) is 11.5 Å². The molecule has 2 unspecified atom stereocenters. The van der Waals surface area contributed by atoms with Crippen molar-refractivity contribution in [1.82, 2.24) is 29.9 Å². The molecule has 0 amide bonds. The van der Waals surface area contributed by atoms with Crippen LogP contribution in [-0.4, -0.2) is 55.6 Å². The number of piperidine rings is 1. The second kappa shape index (κ2) is 4.49. The Hall–Kier alpha value is -1.76. The molecule has 18 heavy (non-hydrogen) atoms. The Bertz CT molecular complexity index is 537. The number of rotatable bonds is 2. The second-order valence-electron chi connectivity index (χ2n) is 4.94. The van der Waals surface area contributed by atoms with E-state index < -0.39 is 0 Å². The average molecular weight is 247 g/mol. The van der Waals surface area contributed by atoms with Crippen LogP contribution in [0.5, 0.6) is 0 Å². The van der Waals surface area contributed by atoms with Crippen LogP contribution in [0, 0.1) is 0 Å². The Morgan fingerprint density at radius 1 is 1.39 bits per heavy atom. The summed E-state index contributed by atoms with van der Waals surface area (Å²) < 4.78 is 1.69. The molecule has 0 bridgehead atoms. The fourth-order valence-electron chi connectivity index (χ4n) is 2.40. The SMILES string of the molecule is CC1CC(Nc2cncc3nnnn23)CCN1C. The summed E-state index contributed by atoms with van der Waals surface area (Å²) in [7, 11) is 2.17. The molecular formula is C11H17N7. The molecule has 1 aliphatic heterocycles. The highest BCUT2D eigenvalue weighted by atomic mass is 15.5. The van der Waals surface area contributed by atoms with Crippen LogP contribution < -0.4 is 5.32 Å². The minimum absolute atomic E-state index is 0.452. The number of nitrogens with one attached hydrogen (secondary N) is 1. The van der Waals surface area contributed by atoms with Crippen LogP contribution in [0.2, 0.25) is 0 Å². The highest BCUT2D eigenvalue weighted by molar-refractivity contribution is 5.44. The molecule has 1 fully saturated rings. The topological polar surface area (TPSA) is 71.2 Å². The van der Waals surface area contributed by atoms with Crippen LogP contribution in [0.3, 0.4) is 0 Å². The molecule has 2 aromatic rings. The lowest BCUT2D eigenvalue weighted by atomic mass is 9.99. The highest BCUT2D eigenvalue weighted by Gasteiger charge is 2.23. The zero-order valence-corrected chi connectivity index (χ0v) is 10.6. The van der Waals surface area contributed by atoms with Crippen LogP contribution >= 0.6 is 0 Å². The number of fused-ring (bicyclic) bond motifs is 1. The van der Waals surface area contributed by atoms with Gasteiger partial charge in [0.25, 0.3) is 0 Å². The summed E-state index contributed by atoms with van der Waals surface area (Å²) in [5, 5.41) is 15.0. The largest absolute Gasteiger partial charge is 0.366 e. The Balaban J connectivity index is 1.78. The Kier molecular flexibility index (Phi) is 2.83. The summed E-state index contributed by atoms with van der Waals surface area (Å²) in [6, 6.07) is 1.05. The summed E-state index contributed by atoms with van der Waals surface area (Å²) in [5.74, 6) is 0.860. The van der Waals surface area contributed by atoms with Crippen molar-refractivity contribution in [1.29, 1.82) is 0 Å². The minimum Gasteiger partial charge on any atom is -0.366 e. The fourth-order valence-corrected chi connectivity index (χ4v) is 2.40. The third-order valence-corrected chi connectivity index (χ3v) is 3.67. The Morgan fingerprint density at radius 3 is 3.11 bits per heavy atom. The lowest BCUT2D eigenvalue weighted by molar-refractivity contribution is 0.190. The van der Waals surface area contributed by atoms with Gasteiger partial charge >= 0.3 is 0 Å². The summed E-state index contributed by atoms with van der Waals surface area (Å²) in [6.07, 6.45) is 5.67. The van der Waals surface area contributed by atoms with Gasteiger partial charge in [-0.3, -0.25) is 4.98 Å². The number of likely N-dealkylation sites (tertiary alicyclic amines) is 1. The highest BCUT2D eigenvalue weighted by Crippen LogP contribution is 2.19. The van der Waals surface area contributed by atoms with E-state index in [1.54, 1.807) is 16.9 Å². The third kappa shape index (κ3) is 2.01. The van der Waals surface area contributed by atoms with E-state index in [1.807, 2.05) is 0 Å². The molecule has 96 valence electrons. The molecule has 1 N–H and O–H groups in total. The van der Waals surface area contributed by atoms with E-state index in [0.717, 1.165) is 25.2 Å². The van der Waals surface area contributed by atoms with E-state index >= 15 is 0 Å². The number of hydrogen-bond donors (Lipinski definition) is 1. The van der Waals surface area contributed by atoms with E-state index in [9.17, 15) is 0 Å². The van der Waals surface area contributed by atoms with Crippen molar-refractivity contribution in [2.75, 3.05) is 18.9 Å². The summed E-state index contributed by atoms with van der Waals surface area (Å²) in [4.78, 5) is 6.53. The van der Waals surface area contributed by atoms with E-state index in [1.165, 1.54) is 0 Å². The maximum Gasteiger partial charge on any atom is 0.199 e. The van der Waals surface area contributed by atoms with Gasteiger partial charge in [-0.2, -0.15) is 4.52 Å². The van der Waals surface area contributed by atoms with Crippen molar-refractivity contribution in [3.05, 3.63) is 12.4 Å². The van der Waals surface area contributed by atoms with Crippen LogP contribution in [0.4, 0.5) is 5.82 Å². The molecule has 0 aliphatic carbocycles. The van der Waals surface area contributed by atoms with Gasteiger partial charge < -0.3 is 10.2 Å². The third-order valence-electron chi connectivity index (χ3n) is 3.67. The molecule has 3 heterocycles. The molecule has 0 spiro atoms. The van der Waals surface area contributed by atoms with Crippen molar-refractivity contribution in [3.8, 4) is 0 Å². The summed E-state index contributed by atoms with van der Waals surface area (Å²) >= 11 is 0. The zero-order chi connectivity index (χ0) is 12.5. The first-order valence-corrected chi connectivity index (χ1v) is 6.23. The van der Waals surface area contributed by atoms with Crippen LogP contribution in [0.25, 0.3) is 5.65 Å². The van der Waals surface area contributed by atoms with Gasteiger partial charge in [0, 0.05) is 18.6 Å². The molecule has 7 nitrogen and oxygen atoms in total. The number of hydrogen-bond acceptors (Lipinski definition) is 6. The first-order valence-electron chi connectivity index (χ1n) is 6.23. The standard InChI is InChI=1S/C11H17N7/c1-8-5-9(3-4-17(8)2)13-10-6-12-7-11-14-15-16-18(10)11/h6-9,13H,3-5H2,1-2H3. The van der Waals surface area contributed by atoms with Crippen molar-refractivity contribution < 1.29 is 0 Å². The van der Waals surface area contributed by atoms with Crippen molar-refractivity contribution in [3.63, 3.8) is 0 Å². The van der Waals surface area contributed by atoms with Gasteiger partial charge in [0.2, 0.25) is 0 Å². The summed E-state index contributed by atoms with van der Waals surface area (Å²) in [6.45, 7) is 3.36. The number of aromatic nitrogens is 5. The van der Waals surface area contributed by atoms with Crippen molar-refractivity contribution in [2.45, 2.75) is 31.8 Å². The van der Waals surface area contributed by atoms with Gasteiger partial charge in [-0.1, -0.05) is 0 Å². The molecule has 1 aliphatic rings. The molecule has 0 aromatic carbocycles. The first-order chi connectivity index (χ1) is 8.74. The van der Waals surface area contributed by atoms with Gasteiger partial charge in [-0.15, -0.1) is 5.10 Å². The monoisotopic (exact) mass is 247 g/mol. The summed E-state index contributed by atoms with van der Waals surface area (Å²) in [5.41, 5.74) is 0.668. The van der Waals surface area contributed by atoms with Crippen molar-refractivity contribution >= 4 is 11.5 Å². The fraction of sp³-hybridized carbons (Fsp3) is 0.636. The Morgan fingerprint density at radius 2 is 2.28 bits per heavy atom. The molecule has 2 atom stereocenters.